The van der Waals surface area contributed by atoms with Crippen LogP contribution in [0.3, 0.4) is 0 Å². The highest BCUT2D eigenvalue weighted by molar-refractivity contribution is 9.08. The molecule has 0 heterocycles. The van der Waals surface area contributed by atoms with Crippen molar-refractivity contribution in [3.63, 3.8) is 0 Å². The first kappa shape index (κ1) is 18.3. The molecule has 0 aliphatic heterocycles. The molecular formula is C18H29BrO2. The van der Waals surface area contributed by atoms with Crippen molar-refractivity contribution in [2.24, 2.45) is 5.92 Å². The van der Waals surface area contributed by atoms with Gasteiger partial charge in [-0.25, -0.2) is 0 Å². The molecule has 2 nitrogen and oxygen atoms in total. The molecule has 21 heavy (non-hydrogen) atoms. The molecule has 0 radical (unpaired) electrons. The summed E-state index contributed by atoms with van der Waals surface area (Å²) in [5, 5.41) is 0.808. The summed E-state index contributed by atoms with van der Waals surface area (Å²) in [7, 11) is 0. The molecule has 0 spiro atoms. The largest absolute Gasteiger partial charge is 0.493 e. The maximum atomic E-state index is 6.09. The van der Waals surface area contributed by atoms with E-state index in [0.717, 1.165) is 36.5 Å². The minimum Gasteiger partial charge on any atom is -0.493 e. The van der Waals surface area contributed by atoms with Crippen molar-refractivity contribution >= 4 is 15.9 Å². The predicted molar refractivity (Wildman–Crippen MR) is 93.7 cm³/mol. The smallest absolute Gasteiger partial charge is 0.127 e. The monoisotopic (exact) mass is 356 g/mol. The van der Waals surface area contributed by atoms with E-state index in [2.05, 4.69) is 42.8 Å². The van der Waals surface area contributed by atoms with Crippen molar-refractivity contribution in [3.8, 4) is 11.5 Å². The van der Waals surface area contributed by atoms with Gasteiger partial charge in [-0.3, -0.25) is 0 Å². The van der Waals surface area contributed by atoms with Crippen molar-refractivity contribution in [2.45, 2.75) is 58.2 Å². The Morgan fingerprint density at radius 1 is 1.10 bits per heavy atom. The SMILES string of the molecule is CCCCC(CC)COc1cc(OCCC)ccc1CBr. The van der Waals surface area contributed by atoms with Gasteiger partial charge < -0.3 is 9.47 Å². The van der Waals surface area contributed by atoms with Gasteiger partial charge in [0, 0.05) is 17.0 Å². The van der Waals surface area contributed by atoms with Gasteiger partial charge in [0.15, 0.2) is 0 Å². The third kappa shape index (κ3) is 6.73. The Balaban J connectivity index is 2.65. The van der Waals surface area contributed by atoms with Crippen molar-refractivity contribution < 1.29 is 9.47 Å². The van der Waals surface area contributed by atoms with E-state index in [1.54, 1.807) is 0 Å². The number of ether oxygens (including phenoxy) is 2. The Bertz CT molecular complexity index is 393. The lowest BCUT2D eigenvalue weighted by Crippen LogP contribution is -2.12. The molecule has 0 fully saturated rings. The van der Waals surface area contributed by atoms with Crippen LogP contribution in [0.4, 0.5) is 0 Å². The van der Waals surface area contributed by atoms with Gasteiger partial charge >= 0.3 is 0 Å². The molecule has 1 unspecified atom stereocenters. The van der Waals surface area contributed by atoms with E-state index in [1.807, 2.05) is 12.1 Å². The van der Waals surface area contributed by atoms with Gasteiger partial charge in [0.2, 0.25) is 0 Å². The van der Waals surface area contributed by atoms with Gasteiger partial charge in [-0.1, -0.05) is 62.0 Å². The maximum absolute atomic E-state index is 6.09. The number of halogens is 1. The lowest BCUT2D eigenvalue weighted by molar-refractivity contribution is 0.230. The van der Waals surface area contributed by atoms with Crippen LogP contribution < -0.4 is 9.47 Å². The Labute approximate surface area is 138 Å². The molecule has 1 aromatic rings. The number of hydrogen-bond acceptors (Lipinski definition) is 2. The molecule has 0 saturated heterocycles. The van der Waals surface area contributed by atoms with Gasteiger partial charge in [-0.15, -0.1) is 0 Å². The van der Waals surface area contributed by atoms with E-state index in [0.29, 0.717) is 5.92 Å². The zero-order valence-electron chi connectivity index (χ0n) is 13.7. The fourth-order valence-corrected chi connectivity index (χ4v) is 2.66. The summed E-state index contributed by atoms with van der Waals surface area (Å²) in [6.07, 6.45) is 5.99. The predicted octanol–water partition coefficient (Wildman–Crippen LogP) is 5.97. The van der Waals surface area contributed by atoms with Crippen molar-refractivity contribution in [2.75, 3.05) is 13.2 Å². The van der Waals surface area contributed by atoms with Gasteiger partial charge in [0.1, 0.15) is 11.5 Å². The van der Waals surface area contributed by atoms with Crippen LogP contribution in [-0.2, 0) is 5.33 Å². The van der Waals surface area contributed by atoms with E-state index < -0.39 is 0 Å². The van der Waals surface area contributed by atoms with E-state index in [9.17, 15) is 0 Å². The fraction of sp³-hybridized carbons (Fsp3) is 0.667. The van der Waals surface area contributed by atoms with Crippen LogP contribution in [0.15, 0.2) is 18.2 Å². The first-order chi connectivity index (χ1) is 10.2. The van der Waals surface area contributed by atoms with Crippen molar-refractivity contribution in [1.29, 1.82) is 0 Å². The summed E-state index contributed by atoms with van der Waals surface area (Å²) in [5.41, 5.74) is 1.18. The number of alkyl halides is 1. The molecule has 0 amide bonds. The number of unbranched alkanes of at least 4 members (excludes halogenated alkanes) is 1. The Kier molecular flexibility index (Phi) is 9.56. The second-order valence-electron chi connectivity index (χ2n) is 5.48. The summed E-state index contributed by atoms with van der Waals surface area (Å²) in [5.74, 6) is 2.50. The molecule has 0 aliphatic carbocycles. The van der Waals surface area contributed by atoms with Crippen molar-refractivity contribution in [3.05, 3.63) is 23.8 Å². The average molecular weight is 357 g/mol. The first-order valence-corrected chi connectivity index (χ1v) is 9.31. The molecule has 0 aromatic heterocycles. The summed E-state index contributed by atoms with van der Waals surface area (Å²) in [6.45, 7) is 8.15. The average Bonchev–Trinajstić information content (AvgIpc) is 2.53. The van der Waals surface area contributed by atoms with E-state index >= 15 is 0 Å². The highest BCUT2D eigenvalue weighted by Gasteiger charge is 2.10. The summed E-state index contributed by atoms with van der Waals surface area (Å²) >= 11 is 3.53. The number of hydrogen-bond donors (Lipinski definition) is 0. The minimum atomic E-state index is 0.647. The summed E-state index contributed by atoms with van der Waals surface area (Å²) in [4.78, 5) is 0. The first-order valence-electron chi connectivity index (χ1n) is 8.19. The quantitative estimate of drug-likeness (QED) is 0.455. The molecule has 1 rings (SSSR count). The standard InChI is InChI=1S/C18H29BrO2/c1-4-7-8-15(6-3)14-21-18-12-17(20-11-5-2)10-9-16(18)13-19/h9-10,12,15H,4-8,11,13-14H2,1-3H3. The maximum Gasteiger partial charge on any atom is 0.127 e. The molecule has 0 aliphatic rings. The Hall–Kier alpha value is -0.700. The Morgan fingerprint density at radius 3 is 2.52 bits per heavy atom. The van der Waals surface area contributed by atoms with Crippen LogP contribution in [0, 0.1) is 5.92 Å². The second-order valence-corrected chi connectivity index (χ2v) is 6.04. The van der Waals surface area contributed by atoms with E-state index in [1.165, 1.54) is 31.2 Å². The van der Waals surface area contributed by atoms with Gasteiger partial charge in [-0.2, -0.15) is 0 Å². The van der Waals surface area contributed by atoms with E-state index in [-0.39, 0.29) is 0 Å². The summed E-state index contributed by atoms with van der Waals surface area (Å²) in [6, 6.07) is 6.13. The number of rotatable bonds is 11. The molecule has 0 bridgehead atoms. The van der Waals surface area contributed by atoms with Gasteiger partial charge in [0.25, 0.3) is 0 Å². The highest BCUT2D eigenvalue weighted by atomic mass is 79.9. The zero-order chi connectivity index (χ0) is 15.5. The van der Waals surface area contributed by atoms with Crippen molar-refractivity contribution in [1.82, 2.24) is 0 Å². The molecule has 1 atom stereocenters. The van der Waals surface area contributed by atoms with Crippen LogP contribution >= 0.6 is 15.9 Å². The van der Waals surface area contributed by atoms with Crippen LogP contribution in [0.25, 0.3) is 0 Å². The molecular weight excluding hydrogens is 328 g/mol. The van der Waals surface area contributed by atoms with E-state index in [4.69, 9.17) is 9.47 Å². The molecule has 120 valence electrons. The van der Waals surface area contributed by atoms with Crippen LogP contribution in [-0.4, -0.2) is 13.2 Å². The third-order valence-electron chi connectivity index (χ3n) is 3.67. The van der Waals surface area contributed by atoms with Crippen LogP contribution in [0.2, 0.25) is 0 Å². The molecule has 0 saturated carbocycles. The lowest BCUT2D eigenvalue weighted by atomic mass is 10.0. The van der Waals surface area contributed by atoms with Crippen LogP contribution in [0.5, 0.6) is 11.5 Å². The van der Waals surface area contributed by atoms with Gasteiger partial charge in [-0.05, 0) is 24.8 Å². The zero-order valence-corrected chi connectivity index (χ0v) is 15.2. The second kappa shape index (κ2) is 10.9. The molecule has 1 aromatic carbocycles. The summed E-state index contributed by atoms with van der Waals surface area (Å²) < 4.78 is 11.8. The molecule has 0 N–H and O–H groups in total. The third-order valence-corrected chi connectivity index (χ3v) is 4.28. The van der Waals surface area contributed by atoms with Crippen LogP contribution in [0.1, 0.15) is 58.4 Å². The number of benzene rings is 1. The Morgan fingerprint density at radius 2 is 1.90 bits per heavy atom. The highest BCUT2D eigenvalue weighted by Crippen LogP contribution is 2.28. The lowest BCUT2D eigenvalue weighted by Gasteiger charge is -2.18. The minimum absolute atomic E-state index is 0.647. The normalized spacial score (nSPS) is 12.2. The van der Waals surface area contributed by atoms with Gasteiger partial charge in [0.05, 0.1) is 13.2 Å². The topological polar surface area (TPSA) is 18.5 Å². The molecule has 3 heteroatoms. The fourth-order valence-electron chi connectivity index (χ4n) is 2.20.